The van der Waals surface area contributed by atoms with Crippen LogP contribution in [0.1, 0.15) is 58.2 Å². The number of hydrogen-bond acceptors (Lipinski definition) is 2. The molecule has 0 aliphatic carbocycles. The van der Waals surface area contributed by atoms with E-state index >= 15 is 0 Å². The molecule has 0 bridgehead atoms. The molecule has 1 rings (SSSR count). The normalized spacial score (nSPS) is 15.3. The second-order valence-electron chi connectivity index (χ2n) is 6.44. The molecule has 108 valence electrons. The molecule has 19 heavy (non-hydrogen) atoms. The lowest BCUT2D eigenvalue weighted by atomic mass is 9.86. The highest BCUT2D eigenvalue weighted by Crippen LogP contribution is 2.24. The van der Waals surface area contributed by atoms with E-state index in [0.717, 1.165) is 0 Å². The number of benzene rings is 1. The third-order valence-electron chi connectivity index (χ3n) is 3.57. The molecule has 0 amide bonds. The maximum absolute atomic E-state index is 3.68. The summed E-state index contributed by atoms with van der Waals surface area (Å²) in [4.78, 5) is 0. The van der Waals surface area contributed by atoms with E-state index < -0.39 is 0 Å². The minimum Gasteiger partial charge on any atom is -0.308 e. The van der Waals surface area contributed by atoms with E-state index in [2.05, 4.69) is 70.5 Å². The largest absolute Gasteiger partial charge is 0.308 e. The Morgan fingerprint density at radius 1 is 1.11 bits per heavy atom. The van der Waals surface area contributed by atoms with Gasteiger partial charge in [-0.05, 0) is 48.8 Å². The molecule has 2 atom stereocenters. The molecule has 2 heteroatoms. The lowest BCUT2D eigenvalue weighted by Crippen LogP contribution is -2.29. The summed E-state index contributed by atoms with van der Waals surface area (Å²) in [6.45, 7) is 11.3. The van der Waals surface area contributed by atoms with E-state index in [9.17, 15) is 0 Å². The third-order valence-corrected chi connectivity index (χ3v) is 4.21. The van der Waals surface area contributed by atoms with E-state index in [1.165, 1.54) is 23.3 Å². The Hall–Kier alpha value is -0.470. The average molecular weight is 279 g/mol. The van der Waals surface area contributed by atoms with Crippen LogP contribution in [0.3, 0.4) is 0 Å². The predicted octanol–water partition coefficient (Wildman–Crippen LogP) is 4.78. The first-order valence-corrected chi connectivity index (χ1v) is 8.59. The van der Waals surface area contributed by atoms with Crippen LogP contribution in [0.15, 0.2) is 24.3 Å². The van der Waals surface area contributed by atoms with Gasteiger partial charge in [-0.3, -0.25) is 0 Å². The van der Waals surface area contributed by atoms with E-state index in [1.54, 1.807) is 0 Å². The molecule has 0 spiro atoms. The molecule has 0 radical (unpaired) electrons. The molecule has 1 nitrogen and oxygen atoms in total. The van der Waals surface area contributed by atoms with Gasteiger partial charge in [0.1, 0.15) is 0 Å². The maximum Gasteiger partial charge on any atom is 0.0294 e. The van der Waals surface area contributed by atoms with Crippen LogP contribution in [0, 0.1) is 0 Å². The van der Waals surface area contributed by atoms with Gasteiger partial charge in [0.2, 0.25) is 0 Å². The molecule has 0 heterocycles. The fourth-order valence-corrected chi connectivity index (χ4v) is 2.76. The topological polar surface area (TPSA) is 12.0 Å². The summed E-state index contributed by atoms with van der Waals surface area (Å²) >= 11 is 1.92. The van der Waals surface area contributed by atoms with Crippen molar-refractivity contribution >= 4 is 11.8 Å². The first-order chi connectivity index (χ1) is 8.84. The summed E-state index contributed by atoms with van der Waals surface area (Å²) in [5.41, 5.74) is 3.02. The standard InChI is InChI=1S/C17H29NS/c1-13(11-12-19-6)18-14(2)15-7-9-16(10-8-15)17(3,4)5/h7-10,13-14,18H,11-12H2,1-6H3. The molecule has 1 aromatic carbocycles. The van der Waals surface area contributed by atoms with Crippen LogP contribution < -0.4 is 5.32 Å². The quantitative estimate of drug-likeness (QED) is 0.804. The average Bonchev–Trinajstić information content (AvgIpc) is 2.35. The maximum atomic E-state index is 3.68. The number of rotatable bonds is 6. The van der Waals surface area contributed by atoms with E-state index in [0.29, 0.717) is 12.1 Å². The minimum atomic E-state index is 0.237. The van der Waals surface area contributed by atoms with E-state index in [1.807, 2.05) is 11.8 Å². The van der Waals surface area contributed by atoms with Crippen molar-refractivity contribution in [2.24, 2.45) is 0 Å². The molecule has 1 aromatic rings. The monoisotopic (exact) mass is 279 g/mol. The summed E-state index contributed by atoms with van der Waals surface area (Å²) in [5, 5.41) is 3.68. The highest BCUT2D eigenvalue weighted by molar-refractivity contribution is 7.98. The van der Waals surface area contributed by atoms with E-state index in [-0.39, 0.29) is 5.41 Å². The van der Waals surface area contributed by atoms with Crippen molar-refractivity contribution in [3.63, 3.8) is 0 Å². The second kappa shape index (κ2) is 7.35. The fraction of sp³-hybridized carbons (Fsp3) is 0.647. The van der Waals surface area contributed by atoms with Gasteiger partial charge in [-0.15, -0.1) is 0 Å². The SMILES string of the molecule is CSCCC(C)NC(C)c1ccc(C(C)(C)C)cc1. The van der Waals surface area contributed by atoms with Gasteiger partial charge in [-0.25, -0.2) is 0 Å². The molecule has 0 saturated heterocycles. The van der Waals surface area contributed by atoms with Crippen molar-refractivity contribution in [3.05, 3.63) is 35.4 Å². The molecular weight excluding hydrogens is 250 g/mol. The van der Waals surface area contributed by atoms with E-state index in [4.69, 9.17) is 0 Å². The van der Waals surface area contributed by atoms with Crippen molar-refractivity contribution < 1.29 is 0 Å². The van der Waals surface area contributed by atoms with Crippen molar-refractivity contribution in [2.45, 2.75) is 58.5 Å². The van der Waals surface area contributed by atoms with Crippen LogP contribution in [0.4, 0.5) is 0 Å². The lowest BCUT2D eigenvalue weighted by molar-refractivity contribution is 0.471. The molecule has 0 fully saturated rings. The zero-order chi connectivity index (χ0) is 14.5. The molecule has 0 aliphatic rings. The Balaban J connectivity index is 2.60. The smallest absolute Gasteiger partial charge is 0.0294 e. The fourth-order valence-electron chi connectivity index (χ4n) is 2.17. The Morgan fingerprint density at radius 2 is 1.68 bits per heavy atom. The summed E-state index contributed by atoms with van der Waals surface area (Å²) < 4.78 is 0. The van der Waals surface area contributed by atoms with Crippen molar-refractivity contribution in [1.82, 2.24) is 5.32 Å². The summed E-state index contributed by atoms with van der Waals surface area (Å²) in [5.74, 6) is 1.23. The molecule has 0 aliphatic heterocycles. The van der Waals surface area contributed by atoms with Crippen LogP contribution in [-0.2, 0) is 5.41 Å². The first kappa shape index (κ1) is 16.6. The number of thioether (sulfide) groups is 1. The lowest BCUT2D eigenvalue weighted by Gasteiger charge is -2.22. The third kappa shape index (κ3) is 5.58. The summed E-state index contributed by atoms with van der Waals surface area (Å²) in [7, 11) is 0. The molecular formula is C17H29NS. The van der Waals surface area contributed by atoms with Gasteiger partial charge in [0, 0.05) is 12.1 Å². The number of hydrogen-bond donors (Lipinski definition) is 1. The van der Waals surface area contributed by atoms with Gasteiger partial charge in [-0.1, -0.05) is 45.0 Å². The van der Waals surface area contributed by atoms with Crippen LogP contribution in [0.5, 0.6) is 0 Å². The van der Waals surface area contributed by atoms with Gasteiger partial charge < -0.3 is 5.32 Å². The Morgan fingerprint density at radius 3 is 2.16 bits per heavy atom. The van der Waals surface area contributed by atoms with Crippen LogP contribution >= 0.6 is 11.8 Å². The minimum absolute atomic E-state index is 0.237. The van der Waals surface area contributed by atoms with Crippen molar-refractivity contribution in [3.8, 4) is 0 Å². The highest BCUT2D eigenvalue weighted by atomic mass is 32.2. The summed E-state index contributed by atoms with van der Waals surface area (Å²) in [6, 6.07) is 10.1. The van der Waals surface area contributed by atoms with Crippen molar-refractivity contribution in [2.75, 3.05) is 12.0 Å². The second-order valence-corrected chi connectivity index (χ2v) is 7.43. The van der Waals surface area contributed by atoms with Gasteiger partial charge in [-0.2, -0.15) is 11.8 Å². The van der Waals surface area contributed by atoms with Crippen LogP contribution in [0.25, 0.3) is 0 Å². The Labute approximate surface area is 123 Å². The predicted molar refractivity (Wildman–Crippen MR) is 89.2 cm³/mol. The van der Waals surface area contributed by atoms with Gasteiger partial charge in [0.25, 0.3) is 0 Å². The highest BCUT2D eigenvalue weighted by Gasteiger charge is 2.14. The zero-order valence-corrected chi connectivity index (χ0v) is 14.1. The van der Waals surface area contributed by atoms with Crippen molar-refractivity contribution in [1.29, 1.82) is 0 Å². The molecule has 1 N–H and O–H groups in total. The van der Waals surface area contributed by atoms with Gasteiger partial charge >= 0.3 is 0 Å². The first-order valence-electron chi connectivity index (χ1n) is 7.20. The molecule has 2 unspecified atom stereocenters. The Kier molecular flexibility index (Phi) is 6.41. The Bertz CT molecular complexity index is 364. The van der Waals surface area contributed by atoms with Crippen LogP contribution in [-0.4, -0.2) is 18.1 Å². The number of nitrogens with one attached hydrogen (secondary N) is 1. The van der Waals surface area contributed by atoms with Gasteiger partial charge in [0.05, 0.1) is 0 Å². The molecule has 0 saturated carbocycles. The van der Waals surface area contributed by atoms with Gasteiger partial charge in [0.15, 0.2) is 0 Å². The summed E-state index contributed by atoms with van der Waals surface area (Å²) in [6.07, 6.45) is 3.40. The molecule has 0 aromatic heterocycles. The zero-order valence-electron chi connectivity index (χ0n) is 13.3. The van der Waals surface area contributed by atoms with Crippen LogP contribution in [0.2, 0.25) is 0 Å².